The van der Waals surface area contributed by atoms with Crippen LogP contribution in [0.25, 0.3) is 0 Å². The van der Waals surface area contributed by atoms with Gasteiger partial charge in [0.25, 0.3) is 5.91 Å². The van der Waals surface area contributed by atoms with Crippen LogP contribution in [0.3, 0.4) is 0 Å². The van der Waals surface area contributed by atoms with Crippen molar-refractivity contribution in [1.82, 2.24) is 9.62 Å². The molecule has 0 aromatic heterocycles. The summed E-state index contributed by atoms with van der Waals surface area (Å²) in [7, 11) is 0.416. The van der Waals surface area contributed by atoms with Crippen molar-refractivity contribution in [3.63, 3.8) is 0 Å². The highest BCUT2D eigenvalue weighted by molar-refractivity contribution is 7.89. The Hall–Kier alpha value is -2.91. The topological polar surface area (TPSA) is 105 Å². The van der Waals surface area contributed by atoms with Gasteiger partial charge < -0.3 is 15.4 Å². The first kappa shape index (κ1) is 22.4. The maximum atomic E-state index is 12.4. The van der Waals surface area contributed by atoms with Gasteiger partial charge in [0.1, 0.15) is 10.6 Å². The van der Waals surface area contributed by atoms with Crippen LogP contribution in [0.1, 0.15) is 21.5 Å². The minimum Gasteiger partial charge on any atom is -0.495 e. The molecular formula is C20H25N3O5S. The standard InChI is InChI=1S/C20H25N3O5S/c1-13-6-7-15(10-14(13)2)20(25)21-12-19(24)22-16-8-9-17(28-5)18(11-16)29(26,27)23(3)4/h6-11H,12H2,1-5H3,(H,21,25)(H,22,24). The molecule has 0 aliphatic heterocycles. The van der Waals surface area contributed by atoms with E-state index in [2.05, 4.69) is 10.6 Å². The van der Waals surface area contributed by atoms with Crippen LogP contribution in [0.4, 0.5) is 5.69 Å². The lowest BCUT2D eigenvalue weighted by Gasteiger charge is -2.16. The van der Waals surface area contributed by atoms with Gasteiger partial charge in [0, 0.05) is 25.3 Å². The zero-order chi connectivity index (χ0) is 21.8. The van der Waals surface area contributed by atoms with Crippen LogP contribution in [-0.4, -0.2) is 52.3 Å². The molecule has 0 unspecified atom stereocenters. The highest BCUT2D eigenvalue weighted by Crippen LogP contribution is 2.28. The highest BCUT2D eigenvalue weighted by Gasteiger charge is 2.23. The molecule has 2 amide bonds. The van der Waals surface area contributed by atoms with E-state index in [1.165, 1.54) is 39.4 Å². The largest absolute Gasteiger partial charge is 0.495 e. The molecule has 0 spiro atoms. The summed E-state index contributed by atoms with van der Waals surface area (Å²) in [5.74, 6) is -0.686. The number of benzene rings is 2. The van der Waals surface area contributed by atoms with Crippen molar-refractivity contribution in [2.24, 2.45) is 0 Å². The normalized spacial score (nSPS) is 11.2. The molecule has 2 aromatic carbocycles. The number of aryl methyl sites for hydroxylation is 2. The average molecular weight is 420 g/mol. The van der Waals surface area contributed by atoms with Crippen molar-refractivity contribution in [2.75, 3.05) is 33.1 Å². The van der Waals surface area contributed by atoms with Crippen LogP contribution in [0, 0.1) is 13.8 Å². The maximum absolute atomic E-state index is 12.4. The summed E-state index contributed by atoms with van der Waals surface area (Å²) in [6.45, 7) is 3.60. The van der Waals surface area contributed by atoms with Gasteiger partial charge >= 0.3 is 0 Å². The van der Waals surface area contributed by atoms with Crippen molar-refractivity contribution < 1.29 is 22.7 Å². The lowest BCUT2D eigenvalue weighted by Crippen LogP contribution is -2.33. The number of methoxy groups -OCH3 is 1. The van der Waals surface area contributed by atoms with Gasteiger partial charge in [0.15, 0.2) is 0 Å². The van der Waals surface area contributed by atoms with Crippen LogP contribution in [0.15, 0.2) is 41.3 Å². The molecule has 0 fully saturated rings. The average Bonchev–Trinajstić information content (AvgIpc) is 2.68. The molecule has 2 N–H and O–H groups in total. The molecule has 2 rings (SSSR count). The predicted molar refractivity (Wildman–Crippen MR) is 111 cm³/mol. The van der Waals surface area contributed by atoms with E-state index >= 15 is 0 Å². The minimum atomic E-state index is -3.76. The van der Waals surface area contributed by atoms with E-state index in [-0.39, 0.29) is 28.8 Å². The van der Waals surface area contributed by atoms with Gasteiger partial charge in [-0.15, -0.1) is 0 Å². The smallest absolute Gasteiger partial charge is 0.251 e. The van der Waals surface area contributed by atoms with Crippen LogP contribution in [0.5, 0.6) is 5.75 Å². The second kappa shape index (κ2) is 9.06. The molecule has 2 aromatic rings. The number of nitrogens with zero attached hydrogens (tertiary/aromatic N) is 1. The van der Waals surface area contributed by atoms with Crippen molar-refractivity contribution in [3.05, 3.63) is 53.1 Å². The van der Waals surface area contributed by atoms with E-state index in [0.717, 1.165) is 15.4 Å². The van der Waals surface area contributed by atoms with Crippen LogP contribution >= 0.6 is 0 Å². The Balaban J connectivity index is 2.09. The molecule has 0 bridgehead atoms. The Bertz CT molecular complexity index is 1030. The molecule has 156 valence electrons. The number of ether oxygens (including phenoxy) is 1. The van der Waals surface area contributed by atoms with E-state index in [1.54, 1.807) is 12.1 Å². The summed E-state index contributed by atoms with van der Waals surface area (Å²) in [5, 5.41) is 5.13. The number of carbonyl (C=O) groups is 2. The third kappa shape index (κ3) is 5.33. The lowest BCUT2D eigenvalue weighted by molar-refractivity contribution is -0.115. The summed E-state index contributed by atoms with van der Waals surface area (Å²) in [6, 6.07) is 9.59. The Kier molecular flexibility index (Phi) is 6.99. The number of anilines is 1. The van der Waals surface area contributed by atoms with Gasteiger partial charge in [-0.3, -0.25) is 9.59 Å². The minimum absolute atomic E-state index is 0.0676. The Morgan fingerprint density at radius 1 is 1.03 bits per heavy atom. The van der Waals surface area contributed by atoms with Crippen LogP contribution in [-0.2, 0) is 14.8 Å². The van der Waals surface area contributed by atoms with E-state index in [0.29, 0.717) is 5.56 Å². The summed E-state index contributed by atoms with van der Waals surface area (Å²) in [6.07, 6.45) is 0. The Labute approximate surface area is 170 Å². The first-order chi connectivity index (χ1) is 13.6. The highest BCUT2D eigenvalue weighted by atomic mass is 32.2. The van der Waals surface area contributed by atoms with E-state index in [9.17, 15) is 18.0 Å². The Morgan fingerprint density at radius 2 is 1.72 bits per heavy atom. The van der Waals surface area contributed by atoms with Crippen molar-refractivity contribution in [1.29, 1.82) is 0 Å². The molecule has 0 aliphatic rings. The molecule has 8 nitrogen and oxygen atoms in total. The zero-order valence-electron chi connectivity index (χ0n) is 17.1. The summed E-state index contributed by atoms with van der Waals surface area (Å²) in [4.78, 5) is 24.4. The number of hydrogen-bond donors (Lipinski definition) is 2. The molecule has 0 atom stereocenters. The van der Waals surface area contributed by atoms with E-state index in [1.807, 2.05) is 19.9 Å². The fourth-order valence-corrected chi connectivity index (χ4v) is 3.58. The first-order valence-corrected chi connectivity index (χ1v) is 10.3. The second-order valence-corrected chi connectivity index (χ2v) is 8.80. The first-order valence-electron chi connectivity index (χ1n) is 8.82. The number of amides is 2. The third-order valence-corrected chi connectivity index (χ3v) is 6.22. The summed E-state index contributed by atoms with van der Waals surface area (Å²) >= 11 is 0. The number of rotatable bonds is 7. The molecular weight excluding hydrogens is 394 g/mol. The van der Waals surface area contributed by atoms with Gasteiger partial charge in [0.2, 0.25) is 15.9 Å². The predicted octanol–water partition coefficient (Wildman–Crippen LogP) is 1.93. The zero-order valence-corrected chi connectivity index (χ0v) is 17.9. The number of hydrogen-bond acceptors (Lipinski definition) is 5. The molecule has 0 heterocycles. The number of nitrogens with one attached hydrogen (secondary N) is 2. The monoisotopic (exact) mass is 419 g/mol. The van der Waals surface area contributed by atoms with Gasteiger partial charge in [-0.1, -0.05) is 6.07 Å². The van der Waals surface area contributed by atoms with Gasteiger partial charge in [-0.05, 0) is 55.3 Å². The van der Waals surface area contributed by atoms with Gasteiger partial charge in [-0.2, -0.15) is 0 Å². The molecule has 0 saturated carbocycles. The fraction of sp³-hybridized carbons (Fsp3) is 0.300. The van der Waals surface area contributed by atoms with E-state index < -0.39 is 15.9 Å². The fourth-order valence-electron chi connectivity index (χ4n) is 2.50. The van der Waals surface area contributed by atoms with Crippen molar-refractivity contribution in [3.8, 4) is 5.75 Å². The van der Waals surface area contributed by atoms with Crippen molar-refractivity contribution >= 4 is 27.5 Å². The number of carbonyl (C=O) groups excluding carboxylic acids is 2. The van der Waals surface area contributed by atoms with Crippen molar-refractivity contribution in [2.45, 2.75) is 18.7 Å². The van der Waals surface area contributed by atoms with Crippen LogP contribution in [0.2, 0.25) is 0 Å². The molecule has 0 saturated heterocycles. The van der Waals surface area contributed by atoms with Gasteiger partial charge in [-0.25, -0.2) is 12.7 Å². The summed E-state index contributed by atoms with van der Waals surface area (Å²) < 4.78 is 31.1. The third-order valence-electron chi connectivity index (χ3n) is 4.38. The van der Waals surface area contributed by atoms with Crippen LogP contribution < -0.4 is 15.4 Å². The molecule has 29 heavy (non-hydrogen) atoms. The Morgan fingerprint density at radius 3 is 2.31 bits per heavy atom. The van der Waals surface area contributed by atoms with Gasteiger partial charge in [0.05, 0.1) is 13.7 Å². The molecule has 9 heteroatoms. The number of sulfonamides is 1. The molecule has 0 radical (unpaired) electrons. The summed E-state index contributed by atoms with van der Waals surface area (Å²) in [5.41, 5.74) is 2.79. The SMILES string of the molecule is COc1ccc(NC(=O)CNC(=O)c2ccc(C)c(C)c2)cc1S(=O)(=O)N(C)C. The molecule has 0 aliphatic carbocycles. The maximum Gasteiger partial charge on any atom is 0.251 e. The lowest BCUT2D eigenvalue weighted by atomic mass is 10.1. The quantitative estimate of drug-likeness (QED) is 0.714. The van der Waals surface area contributed by atoms with E-state index in [4.69, 9.17) is 4.74 Å². The second-order valence-electron chi connectivity index (χ2n) is 6.68.